The third-order valence-electron chi connectivity index (χ3n) is 2.25. The normalized spacial score (nSPS) is 10.2. The van der Waals surface area contributed by atoms with Crippen LogP contribution in [-0.2, 0) is 6.61 Å². The van der Waals surface area contributed by atoms with Gasteiger partial charge in [0.2, 0.25) is 0 Å². The Balaban J connectivity index is 2.00. The average Bonchev–Trinajstić information content (AvgIpc) is 2.46. The molecule has 0 fully saturated rings. The van der Waals surface area contributed by atoms with Crippen molar-refractivity contribution >= 4 is 17.8 Å². The Kier molecular flexibility index (Phi) is 4.97. The van der Waals surface area contributed by atoms with Gasteiger partial charge in [0.25, 0.3) is 0 Å². The summed E-state index contributed by atoms with van der Waals surface area (Å²) in [6.07, 6.45) is 1.10. The van der Waals surface area contributed by atoms with Gasteiger partial charge >= 0.3 is 6.01 Å². The van der Waals surface area contributed by atoms with E-state index in [2.05, 4.69) is 14.7 Å². The monoisotopic (exact) mass is 279 g/mol. The molecular weight excluding hydrogens is 265 g/mol. The van der Waals surface area contributed by atoms with Gasteiger partial charge in [-0.1, -0.05) is 49.2 Å². The van der Waals surface area contributed by atoms with Crippen molar-refractivity contribution in [3.05, 3.63) is 47.9 Å². The first-order chi connectivity index (χ1) is 9.29. The van der Waals surface area contributed by atoms with Gasteiger partial charge in [-0.05, 0) is 5.56 Å². The Bertz CT molecular complexity index is 525. The summed E-state index contributed by atoms with van der Waals surface area (Å²) in [7, 11) is 0. The molecule has 0 amide bonds. The molecule has 0 saturated heterocycles. The minimum absolute atomic E-state index is 0.143. The van der Waals surface area contributed by atoms with Crippen molar-refractivity contribution in [1.29, 1.82) is 0 Å². The summed E-state index contributed by atoms with van der Waals surface area (Å²) in [4.78, 5) is 7.79. The molecule has 0 aliphatic carbocycles. The quantitative estimate of drug-likeness (QED) is 0.822. The molecule has 0 radical (unpaired) electrons. The number of rotatable bonds is 6. The van der Waals surface area contributed by atoms with Crippen molar-refractivity contribution in [2.45, 2.75) is 13.5 Å². The molecule has 100 valence electrons. The summed E-state index contributed by atoms with van der Waals surface area (Å²) in [5.74, 6) is 0.460. The lowest BCUT2D eigenvalue weighted by Gasteiger charge is -2.07. The molecule has 0 spiro atoms. The summed E-state index contributed by atoms with van der Waals surface area (Å²) >= 11 is 1.36. The number of nitrogens with one attached hydrogen (secondary N) is 1. The zero-order chi connectivity index (χ0) is 13.5. The number of hydrogen-bond acceptors (Lipinski definition) is 5. The van der Waals surface area contributed by atoms with Crippen LogP contribution >= 0.6 is 11.9 Å². The molecular formula is C13H14FN3OS. The van der Waals surface area contributed by atoms with Gasteiger partial charge in [0.15, 0.2) is 11.6 Å². The fourth-order valence-corrected chi connectivity index (χ4v) is 1.78. The number of nitrogens with zero attached hydrogens (tertiary/aromatic N) is 2. The van der Waals surface area contributed by atoms with Crippen LogP contribution in [-0.4, -0.2) is 15.7 Å². The molecule has 0 aliphatic heterocycles. The Morgan fingerprint density at radius 1 is 1.32 bits per heavy atom. The van der Waals surface area contributed by atoms with E-state index in [4.69, 9.17) is 4.74 Å². The van der Waals surface area contributed by atoms with Crippen molar-refractivity contribution in [3.63, 3.8) is 0 Å². The SMILES string of the molecule is CCSNc1nc(OCc2ccccc2)ncc1F. The van der Waals surface area contributed by atoms with Crippen LogP contribution in [0.1, 0.15) is 12.5 Å². The highest BCUT2D eigenvalue weighted by Crippen LogP contribution is 2.17. The predicted octanol–water partition coefficient (Wildman–Crippen LogP) is 3.27. The fraction of sp³-hybridized carbons (Fsp3) is 0.231. The molecule has 0 atom stereocenters. The number of benzene rings is 1. The molecule has 0 aliphatic rings. The lowest BCUT2D eigenvalue weighted by atomic mass is 10.2. The highest BCUT2D eigenvalue weighted by atomic mass is 32.2. The number of ether oxygens (including phenoxy) is 1. The average molecular weight is 279 g/mol. The minimum Gasteiger partial charge on any atom is -0.459 e. The molecule has 1 heterocycles. The van der Waals surface area contributed by atoms with Gasteiger partial charge in [0.1, 0.15) is 6.61 Å². The van der Waals surface area contributed by atoms with Crippen LogP contribution in [0, 0.1) is 5.82 Å². The van der Waals surface area contributed by atoms with E-state index in [-0.39, 0.29) is 11.8 Å². The molecule has 0 unspecified atom stereocenters. The maximum atomic E-state index is 13.4. The molecule has 1 N–H and O–H groups in total. The number of anilines is 1. The molecule has 2 rings (SSSR count). The number of hydrogen-bond donors (Lipinski definition) is 1. The summed E-state index contributed by atoms with van der Waals surface area (Å²) in [5, 5.41) is 0. The highest BCUT2D eigenvalue weighted by Gasteiger charge is 2.07. The second kappa shape index (κ2) is 6.94. The van der Waals surface area contributed by atoms with E-state index in [0.29, 0.717) is 6.61 Å². The van der Waals surface area contributed by atoms with E-state index in [0.717, 1.165) is 17.5 Å². The van der Waals surface area contributed by atoms with Gasteiger partial charge in [-0.25, -0.2) is 9.37 Å². The van der Waals surface area contributed by atoms with Crippen molar-refractivity contribution < 1.29 is 9.13 Å². The van der Waals surface area contributed by atoms with Crippen LogP contribution in [0.25, 0.3) is 0 Å². The van der Waals surface area contributed by atoms with Crippen molar-refractivity contribution in [2.24, 2.45) is 0 Å². The molecule has 4 nitrogen and oxygen atoms in total. The summed E-state index contributed by atoms with van der Waals surface area (Å²) in [6, 6.07) is 9.82. The Morgan fingerprint density at radius 2 is 2.11 bits per heavy atom. The second-order valence-electron chi connectivity index (χ2n) is 3.66. The molecule has 1 aromatic heterocycles. The minimum atomic E-state index is -0.493. The van der Waals surface area contributed by atoms with Crippen molar-refractivity contribution in [1.82, 2.24) is 9.97 Å². The van der Waals surface area contributed by atoms with Crippen LogP contribution in [0.5, 0.6) is 6.01 Å². The number of aromatic nitrogens is 2. The van der Waals surface area contributed by atoms with Crippen molar-refractivity contribution in [3.8, 4) is 6.01 Å². The second-order valence-corrected chi connectivity index (χ2v) is 4.73. The van der Waals surface area contributed by atoms with Gasteiger partial charge in [0.05, 0.1) is 6.20 Å². The third kappa shape index (κ3) is 4.10. The topological polar surface area (TPSA) is 47.0 Å². The van der Waals surface area contributed by atoms with Crippen LogP contribution < -0.4 is 9.46 Å². The first-order valence-corrected chi connectivity index (χ1v) is 6.85. The first-order valence-electron chi connectivity index (χ1n) is 5.86. The summed E-state index contributed by atoms with van der Waals surface area (Å²) in [6.45, 7) is 2.32. The summed E-state index contributed by atoms with van der Waals surface area (Å²) < 4.78 is 21.6. The van der Waals surface area contributed by atoms with Gasteiger partial charge in [0, 0.05) is 5.75 Å². The zero-order valence-electron chi connectivity index (χ0n) is 10.5. The van der Waals surface area contributed by atoms with E-state index >= 15 is 0 Å². The van der Waals surface area contributed by atoms with Crippen molar-refractivity contribution in [2.75, 3.05) is 10.5 Å². The van der Waals surface area contributed by atoms with E-state index < -0.39 is 5.82 Å². The van der Waals surface area contributed by atoms with E-state index in [1.54, 1.807) is 0 Å². The van der Waals surface area contributed by atoms with Gasteiger partial charge in [-0.2, -0.15) is 4.98 Å². The van der Waals surface area contributed by atoms with E-state index in [9.17, 15) is 4.39 Å². The first kappa shape index (κ1) is 13.6. The maximum Gasteiger partial charge on any atom is 0.318 e. The van der Waals surface area contributed by atoms with E-state index in [1.165, 1.54) is 11.9 Å². The van der Waals surface area contributed by atoms with Gasteiger partial charge < -0.3 is 9.46 Å². The molecule has 1 aromatic carbocycles. The molecule has 6 heteroatoms. The fourth-order valence-electron chi connectivity index (χ4n) is 1.35. The molecule has 19 heavy (non-hydrogen) atoms. The standard InChI is InChI=1S/C13H14FN3OS/c1-2-19-17-12-11(14)8-15-13(16-12)18-9-10-6-4-3-5-7-10/h3-8H,2,9H2,1H3,(H,15,16,17). The highest BCUT2D eigenvalue weighted by molar-refractivity contribution is 8.00. The van der Waals surface area contributed by atoms with Crippen LogP contribution in [0.3, 0.4) is 0 Å². The largest absolute Gasteiger partial charge is 0.459 e. The smallest absolute Gasteiger partial charge is 0.318 e. The van der Waals surface area contributed by atoms with Gasteiger partial charge in [-0.15, -0.1) is 0 Å². The van der Waals surface area contributed by atoms with Gasteiger partial charge in [-0.3, -0.25) is 0 Å². The third-order valence-corrected chi connectivity index (χ3v) is 2.87. The Hall–Kier alpha value is -1.82. The maximum absolute atomic E-state index is 13.4. The molecule has 2 aromatic rings. The van der Waals surface area contributed by atoms with Crippen LogP contribution in [0.15, 0.2) is 36.5 Å². The lowest BCUT2D eigenvalue weighted by Crippen LogP contribution is -2.03. The molecule has 0 bridgehead atoms. The summed E-state index contributed by atoms with van der Waals surface area (Å²) in [5.41, 5.74) is 1.01. The predicted molar refractivity (Wildman–Crippen MR) is 74.5 cm³/mol. The van der Waals surface area contributed by atoms with Crippen LogP contribution in [0.2, 0.25) is 0 Å². The van der Waals surface area contributed by atoms with Crippen LogP contribution in [0.4, 0.5) is 10.2 Å². The lowest BCUT2D eigenvalue weighted by molar-refractivity contribution is 0.280. The number of halogens is 1. The van der Waals surface area contributed by atoms with E-state index in [1.807, 2.05) is 37.3 Å². The Morgan fingerprint density at radius 3 is 2.84 bits per heavy atom. The molecule has 0 saturated carbocycles. The zero-order valence-corrected chi connectivity index (χ0v) is 11.3. The Labute approximate surface area is 115 Å².